The molecule has 0 spiro atoms. The SMILES string of the molecule is CCC(CC)C(Cl)c1c(C)cc(C)cc1C. The lowest BCUT2D eigenvalue weighted by Crippen LogP contribution is -2.09. The number of hydrogen-bond acceptors (Lipinski definition) is 0. The number of alkyl halides is 1. The van der Waals surface area contributed by atoms with Crippen molar-refractivity contribution in [1.82, 2.24) is 0 Å². The van der Waals surface area contributed by atoms with Gasteiger partial charge in [0.25, 0.3) is 0 Å². The maximum absolute atomic E-state index is 6.64. The molecule has 0 N–H and O–H groups in total. The minimum atomic E-state index is 0.163. The maximum Gasteiger partial charge on any atom is 0.0618 e. The molecule has 0 aliphatic rings. The summed E-state index contributed by atoms with van der Waals surface area (Å²) in [6.07, 6.45) is 2.30. The van der Waals surface area contributed by atoms with Gasteiger partial charge in [-0.15, -0.1) is 11.6 Å². The summed E-state index contributed by atoms with van der Waals surface area (Å²) in [6, 6.07) is 4.47. The average molecular weight is 239 g/mol. The number of aryl methyl sites for hydroxylation is 3. The van der Waals surface area contributed by atoms with Gasteiger partial charge in [-0.3, -0.25) is 0 Å². The second-order valence-corrected chi connectivity index (χ2v) is 5.26. The first kappa shape index (κ1) is 13.6. The first-order chi connectivity index (χ1) is 7.51. The smallest absolute Gasteiger partial charge is 0.0618 e. The summed E-state index contributed by atoms with van der Waals surface area (Å²) in [6.45, 7) is 10.9. The molecule has 1 heteroatoms. The zero-order valence-electron chi connectivity index (χ0n) is 11.1. The van der Waals surface area contributed by atoms with Crippen molar-refractivity contribution in [3.05, 3.63) is 34.4 Å². The fourth-order valence-electron chi connectivity index (χ4n) is 2.56. The molecule has 0 saturated heterocycles. The number of rotatable bonds is 4. The standard InChI is InChI=1S/C15H23Cl/c1-6-13(7-2)15(16)14-11(4)8-10(3)9-12(14)5/h8-9,13,15H,6-7H2,1-5H3. The molecule has 0 heterocycles. The van der Waals surface area contributed by atoms with E-state index in [1.807, 2.05) is 0 Å². The van der Waals surface area contributed by atoms with Crippen LogP contribution in [0.3, 0.4) is 0 Å². The van der Waals surface area contributed by atoms with Crippen LogP contribution in [0.2, 0.25) is 0 Å². The molecule has 1 aromatic carbocycles. The highest BCUT2D eigenvalue weighted by Gasteiger charge is 2.21. The van der Waals surface area contributed by atoms with E-state index in [2.05, 4.69) is 46.8 Å². The van der Waals surface area contributed by atoms with Gasteiger partial charge >= 0.3 is 0 Å². The highest BCUT2D eigenvalue weighted by Crippen LogP contribution is 2.37. The van der Waals surface area contributed by atoms with Gasteiger partial charge in [-0.05, 0) is 43.4 Å². The highest BCUT2D eigenvalue weighted by molar-refractivity contribution is 6.21. The van der Waals surface area contributed by atoms with Crippen molar-refractivity contribution in [3.8, 4) is 0 Å². The molecule has 0 amide bonds. The summed E-state index contributed by atoms with van der Waals surface area (Å²) in [4.78, 5) is 0. The van der Waals surface area contributed by atoms with Crippen LogP contribution in [0.5, 0.6) is 0 Å². The van der Waals surface area contributed by atoms with E-state index in [9.17, 15) is 0 Å². The first-order valence-electron chi connectivity index (χ1n) is 6.23. The minimum Gasteiger partial charge on any atom is -0.118 e. The summed E-state index contributed by atoms with van der Waals surface area (Å²) >= 11 is 6.64. The van der Waals surface area contributed by atoms with Crippen molar-refractivity contribution in [2.75, 3.05) is 0 Å². The second kappa shape index (κ2) is 5.72. The van der Waals surface area contributed by atoms with Crippen LogP contribution in [0.25, 0.3) is 0 Å². The number of benzene rings is 1. The van der Waals surface area contributed by atoms with Gasteiger partial charge in [-0.2, -0.15) is 0 Å². The Kier molecular flexibility index (Phi) is 4.86. The lowest BCUT2D eigenvalue weighted by molar-refractivity contribution is 0.474. The van der Waals surface area contributed by atoms with Crippen molar-refractivity contribution >= 4 is 11.6 Å². The van der Waals surface area contributed by atoms with Crippen molar-refractivity contribution in [1.29, 1.82) is 0 Å². The Bertz CT molecular complexity index is 327. The van der Waals surface area contributed by atoms with Gasteiger partial charge in [0.2, 0.25) is 0 Å². The van der Waals surface area contributed by atoms with Crippen LogP contribution < -0.4 is 0 Å². The molecule has 1 aromatic rings. The predicted octanol–water partition coefficient (Wildman–Crippen LogP) is 5.33. The molecule has 90 valence electrons. The third-order valence-electron chi connectivity index (χ3n) is 3.48. The Morgan fingerprint density at radius 1 is 1.00 bits per heavy atom. The lowest BCUT2D eigenvalue weighted by Gasteiger charge is -2.23. The molecule has 0 aromatic heterocycles. The van der Waals surface area contributed by atoms with Gasteiger partial charge in [0.05, 0.1) is 5.38 Å². The van der Waals surface area contributed by atoms with Crippen molar-refractivity contribution in [2.45, 2.75) is 52.8 Å². The molecule has 1 atom stereocenters. The fraction of sp³-hybridized carbons (Fsp3) is 0.600. The summed E-state index contributed by atoms with van der Waals surface area (Å²) in [5.74, 6) is 0.585. The van der Waals surface area contributed by atoms with Gasteiger partial charge in [-0.25, -0.2) is 0 Å². The normalized spacial score (nSPS) is 13.2. The number of hydrogen-bond donors (Lipinski definition) is 0. The van der Waals surface area contributed by atoms with Crippen molar-refractivity contribution in [3.63, 3.8) is 0 Å². The quantitative estimate of drug-likeness (QED) is 0.622. The summed E-state index contributed by atoms with van der Waals surface area (Å²) < 4.78 is 0. The van der Waals surface area contributed by atoms with Crippen LogP contribution >= 0.6 is 11.6 Å². The molecule has 16 heavy (non-hydrogen) atoms. The molecule has 0 saturated carbocycles. The summed E-state index contributed by atoms with van der Waals surface area (Å²) in [5.41, 5.74) is 5.35. The van der Waals surface area contributed by atoms with E-state index in [4.69, 9.17) is 11.6 Å². The van der Waals surface area contributed by atoms with Gasteiger partial charge in [0.15, 0.2) is 0 Å². The largest absolute Gasteiger partial charge is 0.118 e. The fourth-order valence-corrected chi connectivity index (χ4v) is 3.26. The topological polar surface area (TPSA) is 0 Å². The van der Waals surface area contributed by atoms with Gasteiger partial charge in [0, 0.05) is 0 Å². The van der Waals surface area contributed by atoms with Gasteiger partial charge in [-0.1, -0.05) is 44.4 Å². The Balaban J connectivity index is 3.12. The van der Waals surface area contributed by atoms with Crippen molar-refractivity contribution < 1.29 is 0 Å². The third-order valence-corrected chi connectivity index (χ3v) is 4.05. The zero-order valence-corrected chi connectivity index (χ0v) is 11.9. The summed E-state index contributed by atoms with van der Waals surface area (Å²) in [7, 11) is 0. The van der Waals surface area contributed by atoms with E-state index in [1.165, 1.54) is 22.3 Å². The third kappa shape index (κ3) is 2.79. The second-order valence-electron chi connectivity index (χ2n) is 4.79. The van der Waals surface area contributed by atoms with Crippen LogP contribution in [0.15, 0.2) is 12.1 Å². The van der Waals surface area contributed by atoms with Gasteiger partial charge in [0.1, 0.15) is 0 Å². The lowest BCUT2D eigenvalue weighted by atomic mass is 9.88. The van der Waals surface area contributed by atoms with Crippen LogP contribution in [0.1, 0.15) is 54.3 Å². The van der Waals surface area contributed by atoms with E-state index in [1.54, 1.807) is 0 Å². The monoisotopic (exact) mass is 238 g/mol. The molecule has 0 nitrogen and oxygen atoms in total. The van der Waals surface area contributed by atoms with Crippen LogP contribution in [-0.4, -0.2) is 0 Å². The molecule has 0 aliphatic carbocycles. The number of halogens is 1. The molecule has 0 fully saturated rings. The maximum atomic E-state index is 6.64. The van der Waals surface area contributed by atoms with Crippen LogP contribution in [0.4, 0.5) is 0 Å². The van der Waals surface area contributed by atoms with E-state index >= 15 is 0 Å². The van der Waals surface area contributed by atoms with Crippen molar-refractivity contribution in [2.24, 2.45) is 5.92 Å². The molecule has 0 bridgehead atoms. The highest BCUT2D eigenvalue weighted by atomic mass is 35.5. The van der Waals surface area contributed by atoms with Gasteiger partial charge < -0.3 is 0 Å². The Morgan fingerprint density at radius 3 is 1.81 bits per heavy atom. The van der Waals surface area contributed by atoms with Crippen LogP contribution in [-0.2, 0) is 0 Å². The van der Waals surface area contributed by atoms with E-state index < -0.39 is 0 Å². The molecular formula is C15H23Cl. The predicted molar refractivity (Wildman–Crippen MR) is 73.3 cm³/mol. The molecular weight excluding hydrogens is 216 g/mol. The Hall–Kier alpha value is -0.490. The summed E-state index contributed by atoms with van der Waals surface area (Å²) in [5, 5.41) is 0.163. The Labute approximate surface area is 105 Å². The van der Waals surface area contributed by atoms with E-state index in [-0.39, 0.29) is 5.38 Å². The van der Waals surface area contributed by atoms with E-state index in [0.29, 0.717) is 5.92 Å². The van der Waals surface area contributed by atoms with E-state index in [0.717, 1.165) is 12.8 Å². The molecule has 0 aliphatic heterocycles. The average Bonchev–Trinajstić information content (AvgIpc) is 2.17. The molecule has 1 rings (SSSR count). The molecule has 1 unspecified atom stereocenters. The Morgan fingerprint density at radius 2 is 1.44 bits per heavy atom. The zero-order chi connectivity index (χ0) is 12.3. The first-order valence-corrected chi connectivity index (χ1v) is 6.66. The van der Waals surface area contributed by atoms with Crippen LogP contribution in [0, 0.1) is 26.7 Å². The minimum absolute atomic E-state index is 0.163. The molecule has 0 radical (unpaired) electrons.